The highest BCUT2D eigenvalue weighted by Crippen LogP contribution is 2.30. The first-order chi connectivity index (χ1) is 13.9. The number of halogens is 1. The molecule has 1 aromatic heterocycles. The second-order valence-electron chi connectivity index (χ2n) is 5.93. The summed E-state index contributed by atoms with van der Waals surface area (Å²) in [7, 11) is 0. The Balaban J connectivity index is 2.32. The van der Waals surface area contributed by atoms with E-state index >= 15 is 0 Å². The van der Waals surface area contributed by atoms with Crippen molar-refractivity contribution in [2.45, 2.75) is 0 Å². The van der Waals surface area contributed by atoms with Gasteiger partial charge in [-0.15, -0.1) is 0 Å². The largest absolute Gasteiger partial charge is 0.508 e. The third-order valence-corrected chi connectivity index (χ3v) is 4.12. The predicted octanol–water partition coefficient (Wildman–Crippen LogP) is 5.08. The SMILES string of the molecule is C=C/C=C(\C(=C)O)c1nc(-c2cc(Cl)cc(C#N)c2)nc(-c2ccccc2O)n1. The summed E-state index contributed by atoms with van der Waals surface area (Å²) in [5, 5.41) is 29.8. The number of para-hydroxylation sites is 1. The van der Waals surface area contributed by atoms with Crippen molar-refractivity contribution in [2.75, 3.05) is 0 Å². The molecule has 0 amide bonds. The number of phenolic OH excluding ortho intramolecular Hbond substituents is 1. The number of aromatic nitrogens is 3. The lowest BCUT2D eigenvalue weighted by Crippen LogP contribution is -2.04. The normalized spacial score (nSPS) is 11.0. The Hall–Kier alpha value is -3.95. The number of benzene rings is 2. The van der Waals surface area contributed by atoms with Crippen LogP contribution in [0.5, 0.6) is 5.75 Å². The molecule has 0 unspecified atom stereocenters. The van der Waals surface area contributed by atoms with Crippen LogP contribution >= 0.6 is 11.6 Å². The van der Waals surface area contributed by atoms with Gasteiger partial charge < -0.3 is 10.2 Å². The summed E-state index contributed by atoms with van der Waals surface area (Å²) in [6.07, 6.45) is 2.97. The molecule has 0 aliphatic heterocycles. The molecule has 0 aliphatic carbocycles. The molecule has 0 aliphatic rings. The number of hydrogen-bond donors (Lipinski definition) is 2. The second-order valence-corrected chi connectivity index (χ2v) is 6.36. The van der Waals surface area contributed by atoms with Crippen LogP contribution in [0.2, 0.25) is 5.02 Å². The van der Waals surface area contributed by atoms with E-state index in [4.69, 9.17) is 11.6 Å². The molecule has 29 heavy (non-hydrogen) atoms. The fraction of sp³-hybridized carbons (Fsp3) is 0. The average molecular weight is 403 g/mol. The van der Waals surface area contributed by atoms with E-state index in [-0.39, 0.29) is 34.6 Å². The van der Waals surface area contributed by atoms with Crippen molar-refractivity contribution in [3.05, 3.63) is 89.9 Å². The summed E-state index contributed by atoms with van der Waals surface area (Å²) in [5.41, 5.74) is 1.44. The van der Waals surface area contributed by atoms with Gasteiger partial charge in [-0.05, 0) is 36.4 Å². The number of phenols is 1. The molecule has 142 valence electrons. The first-order valence-corrected chi connectivity index (χ1v) is 8.77. The van der Waals surface area contributed by atoms with Crippen LogP contribution in [0.1, 0.15) is 11.4 Å². The predicted molar refractivity (Wildman–Crippen MR) is 112 cm³/mol. The topological polar surface area (TPSA) is 103 Å². The molecule has 0 fully saturated rings. The quantitative estimate of drug-likeness (QED) is 0.455. The van der Waals surface area contributed by atoms with Crippen LogP contribution in [0.25, 0.3) is 28.3 Å². The van der Waals surface area contributed by atoms with Gasteiger partial charge in [0.25, 0.3) is 0 Å². The van der Waals surface area contributed by atoms with Crippen LogP contribution in [0.4, 0.5) is 0 Å². The van der Waals surface area contributed by atoms with E-state index in [1.165, 1.54) is 24.3 Å². The minimum absolute atomic E-state index is 0.0171. The van der Waals surface area contributed by atoms with Gasteiger partial charge in [-0.25, -0.2) is 15.0 Å². The third-order valence-electron chi connectivity index (χ3n) is 3.90. The maximum atomic E-state index is 10.2. The zero-order valence-corrected chi connectivity index (χ0v) is 15.9. The maximum absolute atomic E-state index is 10.2. The maximum Gasteiger partial charge on any atom is 0.167 e. The summed E-state index contributed by atoms with van der Waals surface area (Å²) in [4.78, 5) is 13.2. The zero-order valence-electron chi connectivity index (χ0n) is 15.2. The molecule has 0 radical (unpaired) electrons. The number of nitriles is 1. The smallest absolute Gasteiger partial charge is 0.167 e. The number of rotatable bonds is 5. The number of aromatic hydroxyl groups is 1. The molecule has 3 rings (SSSR count). The molecule has 2 aromatic carbocycles. The molecule has 0 saturated carbocycles. The van der Waals surface area contributed by atoms with Gasteiger partial charge in [-0.3, -0.25) is 0 Å². The minimum Gasteiger partial charge on any atom is -0.508 e. The highest BCUT2D eigenvalue weighted by molar-refractivity contribution is 6.31. The molecule has 3 aromatic rings. The Morgan fingerprint density at radius 2 is 1.83 bits per heavy atom. The van der Waals surface area contributed by atoms with E-state index in [0.29, 0.717) is 21.7 Å². The van der Waals surface area contributed by atoms with Crippen molar-refractivity contribution < 1.29 is 10.2 Å². The standard InChI is InChI=1S/C22H15ClN4O2/c1-3-6-17(13(2)28)21-25-20(15-9-14(12-24)10-16(23)11-15)26-22(27-21)18-7-4-5-8-19(18)29/h3-11,28-29H,1-2H2/b17-6+. The molecule has 1 heterocycles. The molecule has 0 bridgehead atoms. The van der Waals surface area contributed by atoms with Crippen molar-refractivity contribution in [3.8, 4) is 34.6 Å². The van der Waals surface area contributed by atoms with Crippen molar-refractivity contribution in [1.82, 2.24) is 15.0 Å². The summed E-state index contributed by atoms with van der Waals surface area (Å²) >= 11 is 6.12. The summed E-state index contributed by atoms with van der Waals surface area (Å²) in [6.45, 7) is 7.16. The molecule has 2 N–H and O–H groups in total. The van der Waals surface area contributed by atoms with E-state index in [1.807, 2.05) is 6.07 Å². The lowest BCUT2D eigenvalue weighted by Gasteiger charge is -2.11. The second kappa shape index (κ2) is 8.38. The Bertz CT molecular complexity index is 1200. The number of nitrogens with zero attached hydrogens (tertiary/aromatic N) is 4. The van der Waals surface area contributed by atoms with Crippen LogP contribution in [0.15, 0.2) is 73.5 Å². The number of aliphatic hydroxyl groups is 1. The molecule has 0 spiro atoms. The van der Waals surface area contributed by atoms with Crippen LogP contribution < -0.4 is 0 Å². The Morgan fingerprint density at radius 3 is 2.48 bits per heavy atom. The molecule has 7 heteroatoms. The van der Waals surface area contributed by atoms with E-state index in [2.05, 4.69) is 28.1 Å². The first kappa shape index (κ1) is 19.8. The van der Waals surface area contributed by atoms with Gasteiger partial charge in [0.1, 0.15) is 11.5 Å². The Morgan fingerprint density at radius 1 is 1.10 bits per heavy atom. The molecular formula is C22H15ClN4O2. The Labute approximate surface area is 172 Å². The highest BCUT2D eigenvalue weighted by atomic mass is 35.5. The van der Waals surface area contributed by atoms with Crippen LogP contribution in [-0.4, -0.2) is 25.2 Å². The van der Waals surface area contributed by atoms with Gasteiger partial charge in [-0.1, -0.05) is 43.0 Å². The summed E-state index contributed by atoms with van der Waals surface area (Å²) in [6, 6.07) is 13.3. The average Bonchev–Trinajstić information content (AvgIpc) is 2.71. The van der Waals surface area contributed by atoms with Crippen LogP contribution in [0, 0.1) is 11.3 Å². The van der Waals surface area contributed by atoms with Gasteiger partial charge in [-0.2, -0.15) is 5.26 Å². The number of hydrogen-bond acceptors (Lipinski definition) is 6. The molecule has 0 saturated heterocycles. The van der Waals surface area contributed by atoms with Gasteiger partial charge in [0.2, 0.25) is 0 Å². The Kier molecular flexibility index (Phi) is 5.72. The summed E-state index contributed by atoms with van der Waals surface area (Å²) in [5.74, 6) is 0.242. The lowest BCUT2D eigenvalue weighted by atomic mass is 10.1. The zero-order chi connectivity index (χ0) is 21.0. The van der Waals surface area contributed by atoms with Crippen LogP contribution in [0.3, 0.4) is 0 Å². The van der Waals surface area contributed by atoms with E-state index in [0.717, 1.165) is 0 Å². The van der Waals surface area contributed by atoms with Gasteiger partial charge in [0, 0.05) is 10.6 Å². The number of aliphatic hydroxyl groups excluding tert-OH is 1. The molecule has 6 nitrogen and oxygen atoms in total. The lowest BCUT2D eigenvalue weighted by molar-refractivity contribution is 0.440. The van der Waals surface area contributed by atoms with E-state index in [9.17, 15) is 15.5 Å². The van der Waals surface area contributed by atoms with E-state index < -0.39 is 0 Å². The highest BCUT2D eigenvalue weighted by Gasteiger charge is 2.17. The van der Waals surface area contributed by atoms with Gasteiger partial charge in [0.05, 0.1) is 22.8 Å². The third kappa shape index (κ3) is 4.32. The van der Waals surface area contributed by atoms with Crippen LogP contribution in [-0.2, 0) is 0 Å². The first-order valence-electron chi connectivity index (χ1n) is 8.39. The van der Waals surface area contributed by atoms with Crippen molar-refractivity contribution >= 4 is 17.2 Å². The fourth-order valence-electron chi connectivity index (χ4n) is 2.61. The van der Waals surface area contributed by atoms with Gasteiger partial charge >= 0.3 is 0 Å². The molecule has 0 atom stereocenters. The molecular weight excluding hydrogens is 388 g/mol. The number of allylic oxidation sites excluding steroid dienone is 3. The van der Waals surface area contributed by atoms with E-state index in [1.54, 1.807) is 30.3 Å². The van der Waals surface area contributed by atoms with Crippen molar-refractivity contribution in [2.24, 2.45) is 0 Å². The van der Waals surface area contributed by atoms with Gasteiger partial charge in [0.15, 0.2) is 17.5 Å². The van der Waals surface area contributed by atoms with Crippen molar-refractivity contribution in [3.63, 3.8) is 0 Å². The summed E-state index contributed by atoms with van der Waals surface area (Å²) < 4.78 is 0. The monoisotopic (exact) mass is 402 g/mol. The minimum atomic E-state index is -0.255. The van der Waals surface area contributed by atoms with Crippen molar-refractivity contribution in [1.29, 1.82) is 5.26 Å². The fourth-order valence-corrected chi connectivity index (χ4v) is 2.84.